The molecule has 0 radical (unpaired) electrons. The van der Waals surface area contributed by atoms with Gasteiger partial charge in [-0.3, -0.25) is 0 Å². The fourth-order valence-corrected chi connectivity index (χ4v) is 5.57. The van der Waals surface area contributed by atoms with Crippen molar-refractivity contribution in [3.05, 3.63) is 82.4 Å². The average Bonchev–Trinajstić information content (AvgIpc) is 2.83. The Morgan fingerprint density at radius 1 is 0.812 bits per heavy atom. The van der Waals surface area contributed by atoms with Crippen molar-refractivity contribution in [3.63, 3.8) is 0 Å². The third kappa shape index (κ3) is 3.52. The van der Waals surface area contributed by atoms with Crippen molar-refractivity contribution >= 4 is 21.5 Å². The second-order valence-corrected chi connectivity index (χ2v) is 9.24. The highest BCUT2D eigenvalue weighted by Crippen LogP contribution is 2.44. The summed E-state index contributed by atoms with van der Waals surface area (Å²) in [6, 6.07) is 20.2. The molecule has 0 fully saturated rings. The first-order valence-corrected chi connectivity index (χ1v) is 11.8. The normalized spacial score (nSPS) is 15.7. The molecule has 4 aromatic rings. The van der Waals surface area contributed by atoms with Crippen LogP contribution in [0.3, 0.4) is 0 Å². The topological polar surface area (TPSA) is 18.5 Å². The first-order valence-electron chi connectivity index (χ1n) is 11.8. The van der Waals surface area contributed by atoms with Gasteiger partial charge in [0.25, 0.3) is 0 Å². The number of methoxy groups -OCH3 is 2. The Kier molecular flexibility index (Phi) is 5.55. The Morgan fingerprint density at radius 2 is 1.66 bits per heavy atom. The van der Waals surface area contributed by atoms with E-state index in [1.807, 2.05) is 6.07 Å². The molecule has 0 saturated heterocycles. The van der Waals surface area contributed by atoms with Crippen LogP contribution in [0, 0.1) is 13.8 Å². The Hall–Kier alpha value is -3.00. The molecule has 0 heterocycles. The fourth-order valence-electron chi connectivity index (χ4n) is 5.57. The minimum absolute atomic E-state index is 0.622. The number of ether oxygens (including phenoxy) is 2. The van der Waals surface area contributed by atoms with E-state index in [2.05, 4.69) is 62.4 Å². The van der Waals surface area contributed by atoms with E-state index < -0.39 is 0 Å². The van der Waals surface area contributed by atoms with E-state index in [0.29, 0.717) is 5.92 Å². The van der Waals surface area contributed by atoms with Crippen molar-refractivity contribution < 1.29 is 9.47 Å². The van der Waals surface area contributed by atoms with Gasteiger partial charge >= 0.3 is 0 Å². The first kappa shape index (κ1) is 20.9. The molecule has 2 heteroatoms. The summed E-state index contributed by atoms with van der Waals surface area (Å²) in [5.74, 6) is 2.39. The summed E-state index contributed by atoms with van der Waals surface area (Å²) < 4.78 is 11.5. The van der Waals surface area contributed by atoms with Crippen LogP contribution >= 0.6 is 0 Å². The smallest absolute Gasteiger partial charge is 0.131 e. The largest absolute Gasteiger partial charge is 0.496 e. The summed E-state index contributed by atoms with van der Waals surface area (Å²) in [5.41, 5.74) is 7.28. The van der Waals surface area contributed by atoms with Crippen LogP contribution < -0.4 is 9.47 Å². The van der Waals surface area contributed by atoms with Gasteiger partial charge in [0.2, 0.25) is 0 Å². The van der Waals surface area contributed by atoms with Crippen molar-refractivity contribution in [3.8, 4) is 11.5 Å². The zero-order valence-electron chi connectivity index (χ0n) is 19.6. The maximum absolute atomic E-state index is 5.84. The van der Waals surface area contributed by atoms with Gasteiger partial charge in [0, 0.05) is 0 Å². The second-order valence-electron chi connectivity index (χ2n) is 9.24. The monoisotopic (exact) mass is 424 g/mol. The maximum atomic E-state index is 5.84. The number of aryl methyl sites for hydroxylation is 4. The summed E-state index contributed by atoms with van der Waals surface area (Å²) in [7, 11) is 3.49. The van der Waals surface area contributed by atoms with Gasteiger partial charge in [-0.25, -0.2) is 0 Å². The molecule has 2 nitrogen and oxygen atoms in total. The van der Waals surface area contributed by atoms with Gasteiger partial charge in [0.1, 0.15) is 11.5 Å². The van der Waals surface area contributed by atoms with Gasteiger partial charge < -0.3 is 9.47 Å². The number of fused-ring (bicyclic) bond motifs is 5. The predicted octanol–water partition coefficient (Wildman–Crippen LogP) is 7.68. The summed E-state index contributed by atoms with van der Waals surface area (Å²) in [5, 5.41) is 4.91. The molecule has 1 aliphatic rings. The zero-order chi connectivity index (χ0) is 22.2. The highest BCUT2D eigenvalue weighted by molar-refractivity contribution is 6.13. The SMILES string of the molecule is COc1cccc2c1c(OC)cc1c3c(ccc12)C(CCc1ccc(C)c(C)c1)CCC3. The average molecular weight is 425 g/mol. The lowest BCUT2D eigenvalue weighted by atomic mass is 9.77. The second kappa shape index (κ2) is 8.50. The van der Waals surface area contributed by atoms with Crippen LogP contribution in [-0.2, 0) is 12.8 Å². The highest BCUT2D eigenvalue weighted by atomic mass is 16.5. The number of rotatable bonds is 5. The molecule has 0 aliphatic heterocycles. The van der Waals surface area contributed by atoms with Crippen molar-refractivity contribution in [2.45, 2.75) is 51.9 Å². The molecule has 0 bridgehead atoms. The van der Waals surface area contributed by atoms with Crippen molar-refractivity contribution in [1.82, 2.24) is 0 Å². The minimum Gasteiger partial charge on any atom is -0.496 e. The van der Waals surface area contributed by atoms with E-state index in [-0.39, 0.29) is 0 Å². The van der Waals surface area contributed by atoms with Crippen LogP contribution in [0.4, 0.5) is 0 Å². The number of hydrogen-bond acceptors (Lipinski definition) is 2. The lowest BCUT2D eigenvalue weighted by Crippen LogP contribution is -2.11. The molecule has 5 rings (SSSR count). The van der Waals surface area contributed by atoms with Crippen molar-refractivity contribution in [1.29, 1.82) is 0 Å². The number of benzene rings is 4. The molecule has 0 spiro atoms. The molecule has 0 aromatic heterocycles. The maximum Gasteiger partial charge on any atom is 0.131 e. The quantitative estimate of drug-likeness (QED) is 0.306. The summed E-state index contributed by atoms with van der Waals surface area (Å²) in [6.07, 6.45) is 6.02. The molecule has 32 heavy (non-hydrogen) atoms. The Morgan fingerprint density at radius 3 is 2.44 bits per heavy atom. The number of hydrogen-bond donors (Lipinski definition) is 0. The summed E-state index contributed by atoms with van der Waals surface area (Å²) in [4.78, 5) is 0. The zero-order valence-corrected chi connectivity index (χ0v) is 19.6. The van der Waals surface area contributed by atoms with Crippen LogP contribution in [0.15, 0.2) is 54.6 Å². The van der Waals surface area contributed by atoms with Crippen LogP contribution in [0.5, 0.6) is 11.5 Å². The van der Waals surface area contributed by atoms with Gasteiger partial charge in [-0.2, -0.15) is 0 Å². The molecule has 0 amide bonds. The Bertz CT molecular complexity index is 1300. The summed E-state index contributed by atoms with van der Waals surface area (Å²) in [6.45, 7) is 4.41. The lowest BCUT2D eigenvalue weighted by Gasteiger charge is -2.27. The third-order valence-corrected chi connectivity index (χ3v) is 7.44. The van der Waals surface area contributed by atoms with E-state index in [9.17, 15) is 0 Å². The molecule has 1 atom stereocenters. The van der Waals surface area contributed by atoms with Crippen LogP contribution in [0.25, 0.3) is 21.5 Å². The molecule has 164 valence electrons. The summed E-state index contributed by atoms with van der Waals surface area (Å²) >= 11 is 0. The molecule has 0 N–H and O–H groups in total. The fraction of sp³-hybridized carbons (Fsp3) is 0.333. The molecule has 1 unspecified atom stereocenters. The molecular formula is C30H32O2. The van der Waals surface area contributed by atoms with Gasteiger partial charge in [-0.15, -0.1) is 0 Å². The van der Waals surface area contributed by atoms with E-state index in [0.717, 1.165) is 29.7 Å². The van der Waals surface area contributed by atoms with E-state index in [1.165, 1.54) is 63.2 Å². The Balaban J connectivity index is 1.57. The van der Waals surface area contributed by atoms with E-state index >= 15 is 0 Å². The van der Waals surface area contributed by atoms with Crippen LogP contribution in [0.1, 0.15) is 53.0 Å². The minimum atomic E-state index is 0.622. The predicted molar refractivity (Wildman–Crippen MR) is 134 cm³/mol. The van der Waals surface area contributed by atoms with Gasteiger partial charge in [0.15, 0.2) is 0 Å². The highest BCUT2D eigenvalue weighted by Gasteiger charge is 2.23. The molecular weight excluding hydrogens is 392 g/mol. The van der Waals surface area contributed by atoms with E-state index in [1.54, 1.807) is 14.2 Å². The van der Waals surface area contributed by atoms with Crippen LogP contribution in [-0.4, -0.2) is 14.2 Å². The lowest BCUT2D eigenvalue weighted by molar-refractivity contribution is 0.405. The van der Waals surface area contributed by atoms with Gasteiger partial charge in [0.05, 0.1) is 19.6 Å². The Labute approximate surface area is 191 Å². The van der Waals surface area contributed by atoms with Crippen molar-refractivity contribution in [2.75, 3.05) is 14.2 Å². The first-order chi connectivity index (χ1) is 15.6. The molecule has 1 aliphatic carbocycles. The third-order valence-electron chi connectivity index (χ3n) is 7.44. The molecule has 0 saturated carbocycles. The van der Waals surface area contributed by atoms with E-state index in [4.69, 9.17) is 9.47 Å². The van der Waals surface area contributed by atoms with Gasteiger partial charge in [-0.05, 0) is 108 Å². The molecule has 4 aromatic carbocycles. The van der Waals surface area contributed by atoms with Gasteiger partial charge in [-0.1, -0.05) is 42.5 Å². The van der Waals surface area contributed by atoms with Crippen LogP contribution in [0.2, 0.25) is 0 Å². The van der Waals surface area contributed by atoms with Crippen molar-refractivity contribution in [2.24, 2.45) is 0 Å². The standard InChI is InChI=1S/C30H32O2/c1-19-11-12-21(17-20(19)2)13-14-22-7-5-8-24-23(22)15-16-25-26-9-6-10-28(31-3)30(26)29(32-4)18-27(24)25/h6,9-12,15-18,22H,5,7-8,13-14H2,1-4H3.